The van der Waals surface area contributed by atoms with Gasteiger partial charge in [0.2, 0.25) is 0 Å². The van der Waals surface area contributed by atoms with Crippen LogP contribution in [-0.4, -0.2) is 5.78 Å². The van der Waals surface area contributed by atoms with Crippen molar-refractivity contribution >= 4 is 40.9 Å². The van der Waals surface area contributed by atoms with Gasteiger partial charge in [-0.05, 0) is 30.9 Å². The van der Waals surface area contributed by atoms with Gasteiger partial charge < -0.3 is 0 Å². The molecule has 1 aromatic rings. The predicted molar refractivity (Wildman–Crippen MR) is 118 cm³/mol. The van der Waals surface area contributed by atoms with Crippen molar-refractivity contribution in [3.05, 3.63) is 58.3 Å². The molecule has 136 valence electrons. The monoisotopic (exact) mass is 356 g/mol. The van der Waals surface area contributed by atoms with Gasteiger partial charge in [0, 0.05) is 27.3 Å². The quantitative estimate of drug-likeness (QED) is 0.525. The Morgan fingerprint density at radius 1 is 0.920 bits per heavy atom. The summed E-state index contributed by atoms with van der Waals surface area (Å²) in [6.45, 7) is 21.7. The molecule has 0 atom stereocenters. The van der Waals surface area contributed by atoms with E-state index in [4.69, 9.17) is 0 Å². The van der Waals surface area contributed by atoms with Crippen LogP contribution in [0.5, 0.6) is 0 Å². The highest BCUT2D eigenvalue weighted by molar-refractivity contribution is 7.14. The van der Waals surface area contributed by atoms with E-state index in [1.165, 1.54) is 0 Å². The molecule has 0 bridgehead atoms. The summed E-state index contributed by atoms with van der Waals surface area (Å²) in [5, 5.41) is 0. The van der Waals surface area contributed by atoms with Gasteiger partial charge in [0.15, 0.2) is 5.78 Å². The molecule has 0 saturated carbocycles. The molecule has 0 amide bonds. The molecule has 1 aromatic heterocycles. The fourth-order valence-electron chi connectivity index (χ4n) is 2.73. The SMILES string of the molecule is C=CC1=C(c2sc(C=C)c(/C=C\C)c2C=C)CCCC1=O.CC.CC. The molecule has 0 saturated heterocycles. The third-order valence-electron chi connectivity index (χ3n) is 3.67. The Balaban J connectivity index is 0.00000134. The van der Waals surface area contributed by atoms with E-state index in [0.717, 1.165) is 44.9 Å². The van der Waals surface area contributed by atoms with Crippen molar-refractivity contribution in [2.75, 3.05) is 0 Å². The smallest absolute Gasteiger partial charge is 0.163 e. The standard InChI is InChI=1S/C19H20OS.2C2H6/c1-5-10-15-14(7-3)19(21-18(15)8-4)16-11-9-12-17(20)13(16)6-2;2*1-2/h5-8,10H,2-4,9,11-12H2,1H3;2*1-2H3/b10-5-;;. The van der Waals surface area contributed by atoms with E-state index in [-0.39, 0.29) is 5.78 Å². The van der Waals surface area contributed by atoms with Gasteiger partial charge in [-0.3, -0.25) is 4.79 Å². The Bertz CT molecular complexity index is 669. The normalized spacial score (nSPS) is 13.6. The predicted octanol–water partition coefficient (Wildman–Crippen LogP) is 7.81. The molecule has 2 rings (SSSR count). The maximum atomic E-state index is 12.1. The summed E-state index contributed by atoms with van der Waals surface area (Å²) in [6, 6.07) is 0. The lowest BCUT2D eigenvalue weighted by atomic mass is 9.88. The first-order valence-corrected chi connectivity index (χ1v) is 9.93. The average molecular weight is 357 g/mol. The summed E-state index contributed by atoms with van der Waals surface area (Å²) in [5.41, 5.74) is 4.11. The summed E-state index contributed by atoms with van der Waals surface area (Å²) >= 11 is 1.68. The van der Waals surface area contributed by atoms with E-state index in [9.17, 15) is 4.79 Å². The highest BCUT2D eigenvalue weighted by atomic mass is 32.1. The van der Waals surface area contributed by atoms with Crippen LogP contribution in [0.4, 0.5) is 0 Å². The first kappa shape index (κ1) is 23.1. The van der Waals surface area contributed by atoms with Crippen LogP contribution >= 0.6 is 11.3 Å². The molecule has 0 spiro atoms. The highest BCUT2D eigenvalue weighted by Crippen LogP contribution is 2.41. The number of hydrogen-bond acceptors (Lipinski definition) is 2. The Labute approximate surface area is 158 Å². The number of hydrogen-bond donors (Lipinski definition) is 0. The Morgan fingerprint density at radius 2 is 1.56 bits per heavy atom. The zero-order valence-corrected chi connectivity index (χ0v) is 17.3. The second-order valence-corrected chi connectivity index (χ2v) is 5.96. The van der Waals surface area contributed by atoms with Crippen LogP contribution in [-0.2, 0) is 4.79 Å². The number of carbonyl (C=O) groups is 1. The van der Waals surface area contributed by atoms with Gasteiger partial charge in [0.25, 0.3) is 0 Å². The average Bonchev–Trinajstić information content (AvgIpc) is 3.02. The molecule has 25 heavy (non-hydrogen) atoms. The van der Waals surface area contributed by atoms with Gasteiger partial charge in [-0.2, -0.15) is 0 Å². The third-order valence-corrected chi connectivity index (χ3v) is 4.95. The molecule has 0 aromatic carbocycles. The van der Waals surface area contributed by atoms with E-state index >= 15 is 0 Å². The summed E-state index contributed by atoms with van der Waals surface area (Å²) in [6.07, 6.45) is 12.0. The number of thiophene rings is 1. The highest BCUT2D eigenvalue weighted by Gasteiger charge is 2.23. The second-order valence-electron chi connectivity index (χ2n) is 4.90. The van der Waals surface area contributed by atoms with Gasteiger partial charge >= 0.3 is 0 Å². The van der Waals surface area contributed by atoms with Crippen LogP contribution in [0, 0.1) is 0 Å². The van der Waals surface area contributed by atoms with E-state index in [0.29, 0.717) is 6.42 Å². The molecule has 0 unspecified atom stereocenters. The summed E-state index contributed by atoms with van der Waals surface area (Å²) in [5.74, 6) is 0.197. The van der Waals surface area contributed by atoms with E-state index in [1.807, 2.05) is 52.8 Å². The fourth-order valence-corrected chi connectivity index (χ4v) is 3.96. The number of rotatable bonds is 5. The van der Waals surface area contributed by atoms with E-state index < -0.39 is 0 Å². The van der Waals surface area contributed by atoms with Crippen molar-refractivity contribution in [1.29, 1.82) is 0 Å². The van der Waals surface area contributed by atoms with Gasteiger partial charge in [-0.15, -0.1) is 11.3 Å². The Hall–Kier alpha value is -1.93. The molecule has 0 aliphatic heterocycles. The minimum atomic E-state index is 0.197. The van der Waals surface area contributed by atoms with Crippen LogP contribution in [0.3, 0.4) is 0 Å². The van der Waals surface area contributed by atoms with Gasteiger partial charge in [-0.25, -0.2) is 0 Å². The first-order valence-electron chi connectivity index (χ1n) is 9.11. The van der Waals surface area contributed by atoms with Crippen LogP contribution < -0.4 is 0 Å². The zero-order valence-electron chi connectivity index (χ0n) is 16.4. The summed E-state index contributed by atoms with van der Waals surface area (Å²) in [7, 11) is 0. The largest absolute Gasteiger partial charge is 0.294 e. The van der Waals surface area contributed by atoms with Gasteiger partial charge in [0.1, 0.15) is 0 Å². The molecule has 1 nitrogen and oxygen atoms in total. The fraction of sp³-hybridized carbons (Fsp3) is 0.348. The van der Waals surface area contributed by atoms with Crippen molar-refractivity contribution in [3.63, 3.8) is 0 Å². The lowest BCUT2D eigenvalue weighted by Gasteiger charge is -2.17. The molecule has 1 aliphatic rings. The molecular formula is C23H32OS. The molecule has 1 aliphatic carbocycles. The minimum Gasteiger partial charge on any atom is -0.294 e. The summed E-state index contributed by atoms with van der Waals surface area (Å²) in [4.78, 5) is 14.4. The second kappa shape index (κ2) is 12.4. The Morgan fingerprint density at radius 3 is 2.04 bits per heavy atom. The van der Waals surface area contributed by atoms with Gasteiger partial charge in [-0.1, -0.05) is 77.8 Å². The number of allylic oxidation sites excluding steroid dienone is 4. The lowest BCUT2D eigenvalue weighted by Crippen LogP contribution is -2.09. The summed E-state index contributed by atoms with van der Waals surface area (Å²) < 4.78 is 0. The molecule has 0 radical (unpaired) electrons. The number of carbonyl (C=O) groups excluding carboxylic acids is 1. The lowest BCUT2D eigenvalue weighted by molar-refractivity contribution is -0.115. The van der Waals surface area contributed by atoms with Gasteiger partial charge in [0.05, 0.1) is 0 Å². The van der Waals surface area contributed by atoms with E-state index in [1.54, 1.807) is 17.4 Å². The Kier molecular flexibility index (Phi) is 11.5. The van der Waals surface area contributed by atoms with Crippen LogP contribution in [0.25, 0.3) is 23.8 Å². The van der Waals surface area contributed by atoms with E-state index in [2.05, 4.69) is 25.8 Å². The van der Waals surface area contributed by atoms with Crippen LogP contribution in [0.15, 0.2) is 37.5 Å². The minimum absolute atomic E-state index is 0.197. The van der Waals surface area contributed by atoms with Crippen molar-refractivity contribution in [2.45, 2.75) is 53.9 Å². The zero-order chi connectivity index (χ0) is 19.4. The third kappa shape index (κ3) is 5.27. The topological polar surface area (TPSA) is 17.1 Å². The maximum absolute atomic E-state index is 12.1. The molecule has 0 fully saturated rings. The molecular weight excluding hydrogens is 324 g/mol. The van der Waals surface area contributed by atoms with Crippen molar-refractivity contribution in [3.8, 4) is 0 Å². The maximum Gasteiger partial charge on any atom is 0.163 e. The first-order chi connectivity index (χ1) is 12.2. The van der Waals surface area contributed by atoms with Crippen molar-refractivity contribution in [2.24, 2.45) is 0 Å². The molecule has 1 heterocycles. The number of ketones is 1. The number of Topliss-reactive ketones (excluding diaryl/α,β-unsaturated/α-hetero) is 1. The van der Waals surface area contributed by atoms with Crippen LogP contribution in [0.2, 0.25) is 0 Å². The van der Waals surface area contributed by atoms with Crippen molar-refractivity contribution < 1.29 is 4.79 Å². The van der Waals surface area contributed by atoms with Crippen molar-refractivity contribution in [1.82, 2.24) is 0 Å². The van der Waals surface area contributed by atoms with Crippen LogP contribution in [0.1, 0.15) is 74.8 Å². The molecule has 0 N–H and O–H groups in total. The molecule has 2 heteroatoms.